The molecule has 1 aromatic rings. The van der Waals surface area contributed by atoms with E-state index in [4.69, 9.17) is 17.3 Å². The number of fused-ring (bicyclic) bond motifs is 1. The predicted octanol–water partition coefficient (Wildman–Crippen LogP) is 2.21. The van der Waals surface area contributed by atoms with Crippen LogP contribution in [-0.4, -0.2) is 16.7 Å². The first-order valence-electron chi connectivity index (χ1n) is 6.47. The zero-order chi connectivity index (χ0) is 13.6. The topological polar surface area (TPSA) is 63.4 Å². The lowest BCUT2D eigenvalue weighted by molar-refractivity contribution is -0.141. The number of anilines is 1. The van der Waals surface area contributed by atoms with Gasteiger partial charge in [0.1, 0.15) is 0 Å². The van der Waals surface area contributed by atoms with Crippen molar-refractivity contribution in [3.05, 3.63) is 28.8 Å². The van der Waals surface area contributed by atoms with Crippen molar-refractivity contribution in [2.24, 2.45) is 11.8 Å². The largest absolute Gasteiger partial charge is 0.399 e. The highest BCUT2D eigenvalue weighted by atomic mass is 35.5. The van der Waals surface area contributed by atoms with E-state index in [9.17, 15) is 9.59 Å². The van der Waals surface area contributed by atoms with Gasteiger partial charge in [0, 0.05) is 10.7 Å². The SMILES string of the molecule is Nc1ccc(CN2C(=O)C3CCCC3C2=O)c(Cl)c1. The van der Waals surface area contributed by atoms with E-state index in [1.807, 2.05) is 0 Å². The van der Waals surface area contributed by atoms with E-state index in [1.54, 1.807) is 18.2 Å². The summed E-state index contributed by atoms with van der Waals surface area (Å²) in [5.41, 5.74) is 6.97. The van der Waals surface area contributed by atoms with Gasteiger partial charge in [-0.05, 0) is 30.5 Å². The lowest BCUT2D eigenvalue weighted by Gasteiger charge is -2.16. The van der Waals surface area contributed by atoms with E-state index in [0.717, 1.165) is 24.8 Å². The monoisotopic (exact) mass is 278 g/mol. The van der Waals surface area contributed by atoms with E-state index in [1.165, 1.54) is 4.90 Å². The second kappa shape index (κ2) is 4.53. The number of hydrogen-bond donors (Lipinski definition) is 1. The van der Waals surface area contributed by atoms with Gasteiger partial charge in [0.25, 0.3) is 0 Å². The fraction of sp³-hybridized carbons (Fsp3) is 0.429. The van der Waals surface area contributed by atoms with Crippen LogP contribution in [0.4, 0.5) is 5.69 Å². The van der Waals surface area contributed by atoms with Crippen molar-refractivity contribution in [1.29, 1.82) is 0 Å². The molecule has 2 unspecified atom stereocenters. The standard InChI is InChI=1S/C14H15ClN2O2/c15-12-6-9(16)5-4-8(12)7-17-13(18)10-2-1-3-11(10)14(17)19/h4-6,10-11H,1-3,7,16H2. The van der Waals surface area contributed by atoms with Gasteiger partial charge in [-0.3, -0.25) is 14.5 Å². The molecule has 0 spiro atoms. The Bertz CT molecular complexity index is 536. The molecule has 4 nitrogen and oxygen atoms in total. The Morgan fingerprint density at radius 3 is 2.42 bits per heavy atom. The van der Waals surface area contributed by atoms with Crippen LogP contribution in [0, 0.1) is 11.8 Å². The molecule has 19 heavy (non-hydrogen) atoms. The Hall–Kier alpha value is -1.55. The number of rotatable bonds is 2. The molecule has 1 heterocycles. The smallest absolute Gasteiger partial charge is 0.233 e. The van der Waals surface area contributed by atoms with Crippen molar-refractivity contribution in [2.75, 3.05) is 5.73 Å². The number of hydrogen-bond acceptors (Lipinski definition) is 3. The van der Waals surface area contributed by atoms with Crippen LogP contribution in [0.5, 0.6) is 0 Å². The number of amides is 2. The van der Waals surface area contributed by atoms with Crippen LogP contribution in [0.2, 0.25) is 5.02 Å². The summed E-state index contributed by atoms with van der Waals surface area (Å²) in [5.74, 6) is -0.277. The molecule has 2 aliphatic rings. The quantitative estimate of drug-likeness (QED) is 0.666. The summed E-state index contributed by atoms with van der Waals surface area (Å²) >= 11 is 6.09. The molecule has 2 amide bonds. The molecule has 1 aromatic carbocycles. The number of nitrogen functional groups attached to an aromatic ring is 1. The van der Waals surface area contributed by atoms with Gasteiger partial charge in [0.15, 0.2) is 0 Å². The molecule has 0 bridgehead atoms. The predicted molar refractivity (Wildman–Crippen MR) is 72.3 cm³/mol. The van der Waals surface area contributed by atoms with E-state index >= 15 is 0 Å². The molecule has 0 radical (unpaired) electrons. The minimum atomic E-state index is -0.0972. The highest BCUT2D eigenvalue weighted by Gasteiger charge is 2.49. The third-order valence-corrected chi connectivity index (χ3v) is 4.44. The van der Waals surface area contributed by atoms with Gasteiger partial charge in [0.05, 0.1) is 18.4 Å². The third-order valence-electron chi connectivity index (χ3n) is 4.09. The summed E-state index contributed by atoms with van der Waals surface area (Å²) in [5, 5.41) is 0.498. The summed E-state index contributed by atoms with van der Waals surface area (Å²) in [6.07, 6.45) is 2.64. The van der Waals surface area contributed by atoms with Crippen molar-refractivity contribution in [2.45, 2.75) is 25.8 Å². The molecule has 2 atom stereocenters. The Balaban J connectivity index is 1.84. The summed E-state index contributed by atoms with van der Waals surface area (Å²) < 4.78 is 0. The van der Waals surface area contributed by atoms with Crippen LogP contribution in [-0.2, 0) is 16.1 Å². The maximum absolute atomic E-state index is 12.2. The fourth-order valence-corrected chi connectivity index (χ4v) is 3.33. The van der Waals surface area contributed by atoms with Crippen molar-refractivity contribution in [3.8, 4) is 0 Å². The van der Waals surface area contributed by atoms with Gasteiger partial charge in [-0.25, -0.2) is 0 Å². The van der Waals surface area contributed by atoms with Gasteiger partial charge in [-0.15, -0.1) is 0 Å². The molecular weight excluding hydrogens is 264 g/mol. The van der Waals surface area contributed by atoms with E-state index < -0.39 is 0 Å². The number of nitrogens with zero attached hydrogens (tertiary/aromatic N) is 1. The van der Waals surface area contributed by atoms with Crippen LogP contribution in [0.1, 0.15) is 24.8 Å². The number of nitrogens with two attached hydrogens (primary N) is 1. The lowest BCUT2D eigenvalue weighted by atomic mass is 10.00. The first kappa shape index (κ1) is 12.5. The second-order valence-corrected chi connectivity index (χ2v) is 5.66. The van der Waals surface area contributed by atoms with E-state index in [-0.39, 0.29) is 30.2 Å². The average Bonchev–Trinajstić information content (AvgIpc) is 2.92. The molecule has 5 heteroatoms. The minimum Gasteiger partial charge on any atom is -0.399 e. The number of carbonyl (C=O) groups excluding carboxylic acids is 2. The molecule has 1 aliphatic carbocycles. The maximum atomic E-state index is 12.2. The second-order valence-electron chi connectivity index (χ2n) is 5.26. The van der Waals surface area contributed by atoms with E-state index in [2.05, 4.69) is 0 Å². The molecule has 1 saturated carbocycles. The normalized spacial score (nSPS) is 26.1. The number of imide groups is 1. The van der Waals surface area contributed by atoms with Gasteiger partial charge in [-0.1, -0.05) is 24.1 Å². The van der Waals surface area contributed by atoms with E-state index in [0.29, 0.717) is 10.7 Å². The van der Waals surface area contributed by atoms with Crippen LogP contribution < -0.4 is 5.73 Å². The molecule has 2 N–H and O–H groups in total. The van der Waals surface area contributed by atoms with Crippen LogP contribution in [0.15, 0.2) is 18.2 Å². The summed E-state index contributed by atoms with van der Waals surface area (Å²) in [7, 11) is 0. The van der Waals surface area contributed by atoms with Crippen LogP contribution in [0.25, 0.3) is 0 Å². The molecule has 2 fully saturated rings. The average molecular weight is 279 g/mol. The minimum absolute atomic E-state index is 0.0413. The molecular formula is C14H15ClN2O2. The number of likely N-dealkylation sites (tertiary alicyclic amines) is 1. The Kier molecular flexibility index (Phi) is 2.97. The van der Waals surface area contributed by atoms with Crippen molar-refractivity contribution >= 4 is 29.1 Å². The van der Waals surface area contributed by atoms with Gasteiger partial charge < -0.3 is 5.73 Å². The zero-order valence-corrected chi connectivity index (χ0v) is 11.2. The van der Waals surface area contributed by atoms with Gasteiger partial charge in [-0.2, -0.15) is 0 Å². The van der Waals surface area contributed by atoms with Crippen LogP contribution in [0.3, 0.4) is 0 Å². The Morgan fingerprint density at radius 2 is 1.84 bits per heavy atom. The Morgan fingerprint density at radius 1 is 1.21 bits per heavy atom. The highest BCUT2D eigenvalue weighted by Crippen LogP contribution is 2.40. The van der Waals surface area contributed by atoms with Crippen molar-refractivity contribution in [3.63, 3.8) is 0 Å². The first-order valence-corrected chi connectivity index (χ1v) is 6.85. The number of carbonyl (C=O) groups is 2. The summed E-state index contributed by atoms with van der Waals surface area (Å²) in [6.45, 7) is 0.254. The molecule has 1 aliphatic heterocycles. The van der Waals surface area contributed by atoms with Gasteiger partial charge >= 0.3 is 0 Å². The number of halogens is 1. The Labute approximate surface area is 116 Å². The molecule has 0 aromatic heterocycles. The maximum Gasteiger partial charge on any atom is 0.233 e. The molecule has 1 saturated heterocycles. The highest BCUT2D eigenvalue weighted by molar-refractivity contribution is 6.31. The molecule has 100 valence electrons. The molecule has 3 rings (SSSR count). The van der Waals surface area contributed by atoms with Gasteiger partial charge in [0.2, 0.25) is 11.8 Å². The first-order chi connectivity index (χ1) is 9.08. The third kappa shape index (κ3) is 2.00. The zero-order valence-electron chi connectivity index (χ0n) is 10.4. The summed E-state index contributed by atoms with van der Waals surface area (Å²) in [4.78, 5) is 25.8. The fourth-order valence-electron chi connectivity index (χ4n) is 3.08. The van der Waals surface area contributed by atoms with Crippen molar-refractivity contribution in [1.82, 2.24) is 4.90 Å². The van der Waals surface area contributed by atoms with Crippen LogP contribution >= 0.6 is 11.6 Å². The number of benzene rings is 1. The lowest BCUT2D eigenvalue weighted by Crippen LogP contribution is -2.31. The summed E-state index contributed by atoms with van der Waals surface area (Å²) in [6, 6.07) is 5.14. The van der Waals surface area contributed by atoms with Crippen molar-refractivity contribution < 1.29 is 9.59 Å².